The van der Waals surface area contributed by atoms with Gasteiger partial charge in [-0.3, -0.25) is 4.68 Å². The molecule has 0 spiro atoms. The Hall–Kier alpha value is -1.69. The molecule has 17 heavy (non-hydrogen) atoms. The third kappa shape index (κ3) is 1.56. The molecule has 0 aromatic carbocycles. The predicted molar refractivity (Wildman–Crippen MR) is 63.6 cm³/mol. The predicted octanol–water partition coefficient (Wildman–Crippen LogP) is 0.690. The van der Waals surface area contributed by atoms with Crippen molar-refractivity contribution < 1.29 is 5.11 Å². The van der Waals surface area contributed by atoms with Crippen LogP contribution in [-0.2, 0) is 7.05 Å². The molecule has 0 radical (unpaired) electrons. The van der Waals surface area contributed by atoms with Crippen molar-refractivity contribution in [2.24, 2.45) is 7.05 Å². The zero-order chi connectivity index (χ0) is 11.9. The molecule has 0 amide bonds. The number of aromatic nitrogens is 4. The van der Waals surface area contributed by atoms with E-state index in [-0.39, 0.29) is 12.1 Å². The van der Waals surface area contributed by atoms with Crippen molar-refractivity contribution in [3.05, 3.63) is 12.5 Å². The molecule has 0 unspecified atom stereocenters. The molecule has 6 nitrogen and oxygen atoms in total. The van der Waals surface area contributed by atoms with E-state index in [1.54, 1.807) is 10.9 Å². The molecular weight excluding hydrogens is 218 g/mol. The molecule has 1 aliphatic rings. The normalized spacial score (nSPS) is 18.0. The third-order valence-electron chi connectivity index (χ3n) is 3.53. The molecule has 0 saturated heterocycles. The summed E-state index contributed by atoms with van der Waals surface area (Å²) >= 11 is 0. The van der Waals surface area contributed by atoms with Crippen LogP contribution in [0.15, 0.2) is 12.5 Å². The fourth-order valence-electron chi connectivity index (χ4n) is 2.24. The van der Waals surface area contributed by atoms with Crippen molar-refractivity contribution in [3.8, 4) is 0 Å². The van der Waals surface area contributed by atoms with E-state index in [4.69, 9.17) is 0 Å². The maximum absolute atomic E-state index is 9.45. The molecule has 6 heteroatoms. The highest BCUT2D eigenvalue weighted by Gasteiger charge is 2.37. The van der Waals surface area contributed by atoms with Crippen molar-refractivity contribution in [1.29, 1.82) is 0 Å². The minimum absolute atomic E-state index is 0.138. The van der Waals surface area contributed by atoms with Crippen LogP contribution in [0.5, 0.6) is 0 Å². The Morgan fingerprint density at radius 3 is 2.94 bits per heavy atom. The van der Waals surface area contributed by atoms with E-state index in [1.807, 2.05) is 7.05 Å². The van der Waals surface area contributed by atoms with Gasteiger partial charge in [-0.2, -0.15) is 5.10 Å². The van der Waals surface area contributed by atoms with Gasteiger partial charge < -0.3 is 10.4 Å². The molecule has 1 aliphatic carbocycles. The lowest BCUT2D eigenvalue weighted by atomic mass is 9.77. The summed E-state index contributed by atoms with van der Waals surface area (Å²) in [5, 5.41) is 17.9. The van der Waals surface area contributed by atoms with Gasteiger partial charge in [0.2, 0.25) is 0 Å². The van der Waals surface area contributed by atoms with Gasteiger partial charge in [-0.25, -0.2) is 9.97 Å². The van der Waals surface area contributed by atoms with Crippen LogP contribution in [-0.4, -0.2) is 37.0 Å². The Bertz CT molecular complexity index is 540. The van der Waals surface area contributed by atoms with Crippen LogP contribution in [0.3, 0.4) is 0 Å². The summed E-state index contributed by atoms with van der Waals surface area (Å²) in [6.45, 7) is 0.138. The van der Waals surface area contributed by atoms with Gasteiger partial charge in [0.25, 0.3) is 0 Å². The van der Waals surface area contributed by atoms with Gasteiger partial charge in [0.1, 0.15) is 12.1 Å². The van der Waals surface area contributed by atoms with E-state index < -0.39 is 0 Å². The number of hydrogen-bond donors (Lipinski definition) is 2. The van der Waals surface area contributed by atoms with Crippen LogP contribution in [0.2, 0.25) is 0 Å². The van der Waals surface area contributed by atoms with Crippen LogP contribution >= 0.6 is 0 Å². The van der Waals surface area contributed by atoms with E-state index in [9.17, 15) is 5.11 Å². The molecule has 2 aromatic heterocycles. The van der Waals surface area contributed by atoms with Crippen molar-refractivity contribution >= 4 is 16.9 Å². The lowest BCUT2D eigenvalue weighted by Crippen LogP contribution is -2.48. The average Bonchev–Trinajstić information content (AvgIpc) is 2.67. The van der Waals surface area contributed by atoms with Gasteiger partial charge in [0, 0.05) is 7.05 Å². The summed E-state index contributed by atoms with van der Waals surface area (Å²) in [5.41, 5.74) is 0.604. The van der Waals surface area contributed by atoms with Crippen molar-refractivity contribution in [3.63, 3.8) is 0 Å². The van der Waals surface area contributed by atoms with Gasteiger partial charge in [-0.05, 0) is 19.3 Å². The molecule has 2 heterocycles. The largest absolute Gasteiger partial charge is 0.394 e. The number of fused-ring (bicyclic) bond motifs is 1. The lowest BCUT2D eigenvalue weighted by Gasteiger charge is -2.41. The number of nitrogens with zero attached hydrogens (tertiary/aromatic N) is 4. The molecule has 2 N–H and O–H groups in total. The highest BCUT2D eigenvalue weighted by Crippen LogP contribution is 2.35. The first kappa shape index (κ1) is 10.5. The molecule has 90 valence electrons. The summed E-state index contributed by atoms with van der Waals surface area (Å²) in [5.74, 6) is 0.761. The summed E-state index contributed by atoms with van der Waals surface area (Å²) in [4.78, 5) is 8.44. The zero-order valence-corrected chi connectivity index (χ0v) is 9.72. The number of hydrogen-bond acceptors (Lipinski definition) is 5. The van der Waals surface area contributed by atoms with Crippen molar-refractivity contribution in [2.75, 3.05) is 11.9 Å². The Morgan fingerprint density at radius 1 is 1.47 bits per heavy atom. The second-order valence-corrected chi connectivity index (χ2v) is 4.64. The average molecular weight is 233 g/mol. The maximum Gasteiger partial charge on any atom is 0.163 e. The second kappa shape index (κ2) is 3.66. The second-order valence-electron chi connectivity index (χ2n) is 4.64. The molecule has 1 fully saturated rings. The highest BCUT2D eigenvalue weighted by molar-refractivity contribution is 5.86. The van der Waals surface area contributed by atoms with Gasteiger partial charge in [0.15, 0.2) is 5.65 Å². The van der Waals surface area contributed by atoms with Gasteiger partial charge >= 0.3 is 0 Å². The fraction of sp³-hybridized carbons (Fsp3) is 0.545. The molecule has 2 aromatic rings. The van der Waals surface area contributed by atoms with Gasteiger partial charge in [-0.1, -0.05) is 0 Å². The smallest absolute Gasteiger partial charge is 0.163 e. The first-order chi connectivity index (χ1) is 8.24. The maximum atomic E-state index is 9.45. The molecule has 0 aliphatic heterocycles. The zero-order valence-electron chi connectivity index (χ0n) is 9.72. The Morgan fingerprint density at radius 2 is 2.29 bits per heavy atom. The SMILES string of the molecule is Cn1ncc2c(NC3(CO)CCC3)ncnc21. The molecular formula is C11H15N5O. The molecule has 3 rings (SSSR count). The fourth-order valence-corrected chi connectivity index (χ4v) is 2.24. The van der Waals surface area contributed by atoms with E-state index in [0.717, 1.165) is 36.1 Å². The standard InChI is InChI=1S/C11H15N5O/c1-16-10-8(5-14-16)9(12-7-13-10)15-11(6-17)3-2-4-11/h5,7,17H,2-4,6H2,1H3,(H,12,13,15). The summed E-state index contributed by atoms with van der Waals surface area (Å²) < 4.78 is 1.72. The third-order valence-corrected chi connectivity index (χ3v) is 3.53. The molecule has 0 atom stereocenters. The lowest BCUT2D eigenvalue weighted by molar-refractivity contribution is 0.144. The van der Waals surface area contributed by atoms with E-state index in [2.05, 4.69) is 20.4 Å². The monoisotopic (exact) mass is 233 g/mol. The number of aliphatic hydroxyl groups is 1. The van der Waals surface area contributed by atoms with Crippen molar-refractivity contribution in [1.82, 2.24) is 19.7 Å². The first-order valence-corrected chi connectivity index (χ1v) is 5.76. The Balaban J connectivity index is 2.00. The Kier molecular flexibility index (Phi) is 2.25. The van der Waals surface area contributed by atoms with Gasteiger partial charge in [0.05, 0.1) is 23.7 Å². The highest BCUT2D eigenvalue weighted by atomic mass is 16.3. The first-order valence-electron chi connectivity index (χ1n) is 5.76. The van der Waals surface area contributed by atoms with Crippen LogP contribution < -0.4 is 5.32 Å². The Labute approximate surface area is 98.7 Å². The van der Waals surface area contributed by atoms with Crippen LogP contribution in [0, 0.1) is 0 Å². The topological polar surface area (TPSA) is 75.9 Å². The van der Waals surface area contributed by atoms with E-state index >= 15 is 0 Å². The number of aliphatic hydroxyl groups excluding tert-OH is 1. The summed E-state index contributed by atoms with van der Waals surface area (Å²) in [6.07, 6.45) is 6.39. The minimum Gasteiger partial charge on any atom is -0.394 e. The van der Waals surface area contributed by atoms with Crippen LogP contribution in [0.1, 0.15) is 19.3 Å². The number of anilines is 1. The number of rotatable bonds is 3. The summed E-state index contributed by atoms with van der Waals surface area (Å²) in [6, 6.07) is 0. The van der Waals surface area contributed by atoms with Crippen molar-refractivity contribution in [2.45, 2.75) is 24.8 Å². The number of aryl methyl sites for hydroxylation is 1. The molecule has 0 bridgehead atoms. The van der Waals surface area contributed by atoms with Crippen LogP contribution in [0.4, 0.5) is 5.82 Å². The van der Waals surface area contributed by atoms with Crippen LogP contribution in [0.25, 0.3) is 11.0 Å². The van der Waals surface area contributed by atoms with E-state index in [0.29, 0.717) is 0 Å². The summed E-state index contributed by atoms with van der Waals surface area (Å²) in [7, 11) is 1.85. The van der Waals surface area contributed by atoms with Gasteiger partial charge in [-0.15, -0.1) is 0 Å². The quantitative estimate of drug-likeness (QED) is 0.815. The number of nitrogens with one attached hydrogen (secondary N) is 1. The molecule has 1 saturated carbocycles. The minimum atomic E-state index is -0.197. The van der Waals surface area contributed by atoms with E-state index in [1.165, 1.54) is 6.33 Å².